The molecule has 2 rings (SSSR count). The summed E-state index contributed by atoms with van der Waals surface area (Å²) in [4.78, 5) is 19.9. The van der Waals surface area contributed by atoms with Crippen LogP contribution in [0.2, 0.25) is 0 Å². The second kappa shape index (κ2) is 8.03. The van der Waals surface area contributed by atoms with E-state index in [0.717, 1.165) is 35.4 Å². The highest BCUT2D eigenvalue weighted by atomic mass is 32.2. The zero-order valence-electron chi connectivity index (χ0n) is 13.3. The molecule has 5 heteroatoms. The van der Waals surface area contributed by atoms with E-state index in [4.69, 9.17) is 4.74 Å². The molecular weight excluding hydrogens is 296 g/mol. The maximum atomic E-state index is 12.4. The van der Waals surface area contributed by atoms with Gasteiger partial charge in [0.2, 0.25) is 0 Å². The van der Waals surface area contributed by atoms with Crippen LogP contribution in [0.25, 0.3) is 0 Å². The minimum Gasteiger partial charge on any atom is -0.494 e. The molecule has 0 fully saturated rings. The zero-order valence-corrected chi connectivity index (χ0v) is 14.1. The number of ether oxygens (including phenoxy) is 1. The fourth-order valence-corrected chi connectivity index (χ4v) is 2.78. The molecule has 0 saturated heterocycles. The van der Waals surface area contributed by atoms with Crippen molar-refractivity contribution in [3.63, 3.8) is 0 Å². The Morgan fingerprint density at radius 1 is 1.27 bits per heavy atom. The number of hydrogen-bond donors (Lipinski definition) is 1. The summed E-state index contributed by atoms with van der Waals surface area (Å²) in [7, 11) is 0. The van der Waals surface area contributed by atoms with E-state index in [1.165, 1.54) is 11.8 Å². The van der Waals surface area contributed by atoms with Crippen molar-refractivity contribution in [2.75, 3.05) is 12.9 Å². The number of aromatic amines is 1. The molecule has 1 heterocycles. The summed E-state index contributed by atoms with van der Waals surface area (Å²) in [6, 6.07) is 7.86. The van der Waals surface area contributed by atoms with Gasteiger partial charge in [0.25, 0.3) is 5.56 Å². The highest BCUT2D eigenvalue weighted by Gasteiger charge is 2.13. The second-order valence-electron chi connectivity index (χ2n) is 4.97. The van der Waals surface area contributed by atoms with Gasteiger partial charge in [-0.15, -0.1) is 0 Å². The van der Waals surface area contributed by atoms with E-state index in [2.05, 4.69) is 16.9 Å². The Balaban J connectivity index is 2.42. The molecule has 0 unspecified atom stereocenters. The molecule has 0 aliphatic carbocycles. The Labute approximate surface area is 135 Å². The van der Waals surface area contributed by atoms with Gasteiger partial charge in [0, 0.05) is 12.0 Å². The van der Waals surface area contributed by atoms with E-state index >= 15 is 0 Å². The number of para-hydroxylation sites is 1. The SMILES string of the molecule is CCCc1nc(SC)[nH]c(=O)c1Cc1ccccc1OCC. The molecule has 0 saturated carbocycles. The number of aryl methyl sites for hydroxylation is 1. The summed E-state index contributed by atoms with van der Waals surface area (Å²) in [5.41, 5.74) is 2.61. The Hall–Kier alpha value is -1.75. The Bertz CT molecular complexity index is 683. The van der Waals surface area contributed by atoms with Gasteiger partial charge in [-0.25, -0.2) is 4.98 Å². The van der Waals surface area contributed by atoms with Crippen LogP contribution in [0.3, 0.4) is 0 Å². The van der Waals surface area contributed by atoms with Crippen LogP contribution < -0.4 is 10.3 Å². The Morgan fingerprint density at radius 2 is 2.05 bits per heavy atom. The van der Waals surface area contributed by atoms with E-state index in [9.17, 15) is 4.79 Å². The lowest BCUT2D eigenvalue weighted by Crippen LogP contribution is -2.19. The van der Waals surface area contributed by atoms with Crippen LogP contribution in [0.1, 0.15) is 37.1 Å². The number of H-pyrrole nitrogens is 1. The predicted molar refractivity (Wildman–Crippen MR) is 91.1 cm³/mol. The zero-order chi connectivity index (χ0) is 15.9. The molecule has 118 valence electrons. The maximum absolute atomic E-state index is 12.4. The van der Waals surface area contributed by atoms with Crippen molar-refractivity contribution >= 4 is 11.8 Å². The van der Waals surface area contributed by atoms with Crippen LogP contribution in [-0.2, 0) is 12.8 Å². The van der Waals surface area contributed by atoms with Crippen molar-refractivity contribution in [1.82, 2.24) is 9.97 Å². The summed E-state index contributed by atoms with van der Waals surface area (Å²) in [6.07, 6.45) is 4.23. The lowest BCUT2D eigenvalue weighted by molar-refractivity contribution is 0.337. The number of hydrogen-bond acceptors (Lipinski definition) is 4. The molecule has 1 aromatic heterocycles. The van der Waals surface area contributed by atoms with Crippen LogP contribution in [0.15, 0.2) is 34.2 Å². The third kappa shape index (κ3) is 3.91. The number of nitrogens with one attached hydrogen (secondary N) is 1. The van der Waals surface area contributed by atoms with E-state index < -0.39 is 0 Å². The van der Waals surface area contributed by atoms with Crippen LogP contribution in [0.5, 0.6) is 5.75 Å². The van der Waals surface area contributed by atoms with Gasteiger partial charge < -0.3 is 9.72 Å². The lowest BCUT2D eigenvalue weighted by Gasteiger charge is -2.12. The van der Waals surface area contributed by atoms with Crippen molar-refractivity contribution in [3.8, 4) is 5.75 Å². The van der Waals surface area contributed by atoms with Gasteiger partial charge in [0.15, 0.2) is 5.16 Å². The van der Waals surface area contributed by atoms with E-state index in [1.54, 1.807) is 0 Å². The third-order valence-electron chi connectivity index (χ3n) is 3.40. The first-order valence-electron chi connectivity index (χ1n) is 7.56. The van der Waals surface area contributed by atoms with Gasteiger partial charge in [-0.2, -0.15) is 0 Å². The van der Waals surface area contributed by atoms with Crippen molar-refractivity contribution < 1.29 is 4.74 Å². The molecule has 0 radical (unpaired) electrons. The van der Waals surface area contributed by atoms with Gasteiger partial charge in [-0.1, -0.05) is 43.3 Å². The molecule has 1 N–H and O–H groups in total. The number of thioether (sulfide) groups is 1. The van der Waals surface area contributed by atoms with Crippen molar-refractivity contribution in [3.05, 3.63) is 51.4 Å². The highest BCUT2D eigenvalue weighted by Crippen LogP contribution is 2.22. The smallest absolute Gasteiger partial charge is 0.255 e. The molecule has 4 nitrogen and oxygen atoms in total. The fourth-order valence-electron chi connectivity index (χ4n) is 2.38. The molecule has 0 bridgehead atoms. The minimum absolute atomic E-state index is 0.0471. The first-order valence-corrected chi connectivity index (χ1v) is 8.78. The molecule has 2 aromatic rings. The van der Waals surface area contributed by atoms with E-state index in [0.29, 0.717) is 18.2 Å². The highest BCUT2D eigenvalue weighted by molar-refractivity contribution is 7.98. The first kappa shape index (κ1) is 16.6. The lowest BCUT2D eigenvalue weighted by atomic mass is 10.0. The van der Waals surface area contributed by atoms with Gasteiger partial charge in [-0.05, 0) is 31.2 Å². The molecule has 0 aliphatic heterocycles. The maximum Gasteiger partial charge on any atom is 0.255 e. The van der Waals surface area contributed by atoms with Crippen molar-refractivity contribution in [1.29, 1.82) is 0 Å². The predicted octanol–water partition coefficient (Wildman–Crippen LogP) is 3.43. The van der Waals surface area contributed by atoms with Crippen LogP contribution in [0, 0.1) is 0 Å². The topological polar surface area (TPSA) is 55.0 Å². The summed E-state index contributed by atoms with van der Waals surface area (Å²) < 4.78 is 5.66. The van der Waals surface area contributed by atoms with Gasteiger partial charge in [0.1, 0.15) is 5.75 Å². The summed E-state index contributed by atoms with van der Waals surface area (Å²) in [5, 5.41) is 0.676. The number of nitrogens with zero attached hydrogens (tertiary/aromatic N) is 1. The normalized spacial score (nSPS) is 10.7. The summed E-state index contributed by atoms with van der Waals surface area (Å²) in [5.74, 6) is 0.834. The van der Waals surface area contributed by atoms with Crippen molar-refractivity contribution in [2.24, 2.45) is 0 Å². The van der Waals surface area contributed by atoms with Gasteiger partial charge in [0.05, 0.1) is 12.3 Å². The molecule has 0 atom stereocenters. The molecule has 0 spiro atoms. The fraction of sp³-hybridized carbons (Fsp3) is 0.412. The first-order chi connectivity index (χ1) is 10.7. The molecule has 0 aliphatic rings. The average molecular weight is 318 g/mol. The molecule has 22 heavy (non-hydrogen) atoms. The van der Waals surface area contributed by atoms with Crippen LogP contribution in [-0.4, -0.2) is 22.8 Å². The van der Waals surface area contributed by atoms with Gasteiger partial charge >= 0.3 is 0 Å². The van der Waals surface area contributed by atoms with Crippen LogP contribution >= 0.6 is 11.8 Å². The minimum atomic E-state index is -0.0471. The number of rotatable bonds is 7. The van der Waals surface area contributed by atoms with Crippen LogP contribution in [0.4, 0.5) is 0 Å². The second-order valence-corrected chi connectivity index (χ2v) is 5.76. The van der Waals surface area contributed by atoms with E-state index in [-0.39, 0.29) is 5.56 Å². The van der Waals surface area contributed by atoms with E-state index in [1.807, 2.05) is 37.4 Å². The number of benzene rings is 1. The molecule has 0 amide bonds. The monoisotopic (exact) mass is 318 g/mol. The third-order valence-corrected chi connectivity index (χ3v) is 3.98. The Morgan fingerprint density at radius 3 is 2.73 bits per heavy atom. The largest absolute Gasteiger partial charge is 0.494 e. The average Bonchev–Trinajstić information content (AvgIpc) is 2.52. The molecular formula is C17H22N2O2S. The van der Waals surface area contributed by atoms with Crippen molar-refractivity contribution in [2.45, 2.75) is 38.3 Å². The van der Waals surface area contributed by atoms with Gasteiger partial charge in [-0.3, -0.25) is 4.79 Å². The Kier molecular flexibility index (Phi) is 6.07. The molecule has 1 aromatic carbocycles. The summed E-state index contributed by atoms with van der Waals surface area (Å²) >= 11 is 1.46. The summed E-state index contributed by atoms with van der Waals surface area (Å²) in [6.45, 7) is 4.67. The standard InChI is InChI=1S/C17H22N2O2S/c1-4-8-14-13(16(20)19-17(18-14)22-3)11-12-9-6-7-10-15(12)21-5-2/h6-7,9-10H,4-5,8,11H2,1-3H3,(H,18,19,20). The number of aromatic nitrogens is 2. The quantitative estimate of drug-likeness (QED) is 0.628.